The van der Waals surface area contributed by atoms with E-state index < -0.39 is 10.0 Å². The molecule has 9 rings (SSSR count). The highest BCUT2D eigenvalue weighted by Gasteiger charge is 2.49. The molecular formula is C61H64F3N5O2S. The second-order valence-corrected chi connectivity index (χ2v) is 22.8. The van der Waals surface area contributed by atoms with Gasteiger partial charge in [-0.15, -0.1) is 0 Å². The number of hydrogen-bond acceptors (Lipinski definition) is 6. The van der Waals surface area contributed by atoms with Crippen LogP contribution in [-0.4, -0.2) is 52.7 Å². The van der Waals surface area contributed by atoms with Gasteiger partial charge in [0.05, 0.1) is 34.6 Å². The van der Waals surface area contributed by atoms with Gasteiger partial charge in [0.1, 0.15) is 17.5 Å². The van der Waals surface area contributed by atoms with Crippen molar-refractivity contribution >= 4 is 39.8 Å². The number of benzene rings is 3. The maximum atomic E-state index is 14.7. The lowest BCUT2D eigenvalue weighted by Crippen LogP contribution is -2.48. The lowest BCUT2D eigenvalue weighted by atomic mass is 9.73. The van der Waals surface area contributed by atoms with Gasteiger partial charge in [0.25, 0.3) is 0 Å². The summed E-state index contributed by atoms with van der Waals surface area (Å²) < 4.78 is 72.1. The van der Waals surface area contributed by atoms with Crippen LogP contribution in [0.2, 0.25) is 0 Å². The highest BCUT2D eigenvalue weighted by Crippen LogP contribution is 2.54. The number of hydrogen-bond donors (Lipinski definition) is 0. The van der Waals surface area contributed by atoms with Gasteiger partial charge in [-0.25, -0.2) is 35.9 Å². The van der Waals surface area contributed by atoms with Crippen molar-refractivity contribution in [3.05, 3.63) is 190 Å². The van der Waals surface area contributed by atoms with Crippen LogP contribution in [0, 0.1) is 34.7 Å². The molecule has 0 bridgehead atoms. The third-order valence-corrected chi connectivity index (χ3v) is 15.8. The van der Waals surface area contributed by atoms with E-state index >= 15 is 0 Å². The Kier molecular flexibility index (Phi) is 13.8. The van der Waals surface area contributed by atoms with Gasteiger partial charge in [0, 0.05) is 46.8 Å². The number of halogens is 3. The molecule has 0 N–H and O–H groups in total. The zero-order valence-electron chi connectivity index (χ0n) is 42.7. The number of allylic oxidation sites excluding steroid dienone is 7. The zero-order valence-corrected chi connectivity index (χ0v) is 43.5. The molecule has 5 atom stereocenters. The Morgan fingerprint density at radius 1 is 0.778 bits per heavy atom. The van der Waals surface area contributed by atoms with Crippen molar-refractivity contribution in [2.24, 2.45) is 17.3 Å². The van der Waals surface area contributed by atoms with E-state index in [0.717, 1.165) is 56.9 Å². The van der Waals surface area contributed by atoms with Gasteiger partial charge >= 0.3 is 0 Å². The largest absolute Gasteiger partial charge is 0.359 e. The summed E-state index contributed by atoms with van der Waals surface area (Å²) in [4.78, 5) is 17.8. The van der Waals surface area contributed by atoms with E-state index in [1.54, 1.807) is 12.1 Å². The van der Waals surface area contributed by atoms with Crippen molar-refractivity contribution in [3.8, 4) is 22.4 Å². The Hall–Kier alpha value is -6.59. The molecule has 3 aliphatic carbocycles. The van der Waals surface area contributed by atoms with Crippen LogP contribution in [0.3, 0.4) is 0 Å². The molecule has 0 radical (unpaired) electrons. The Morgan fingerprint density at radius 2 is 1.39 bits per heavy atom. The van der Waals surface area contributed by atoms with Crippen molar-refractivity contribution in [2.45, 2.75) is 98.1 Å². The number of anilines is 1. The number of sulfonamides is 1. The molecule has 0 saturated heterocycles. The third-order valence-electron chi connectivity index (χ3n) is 14.7. The van der Waals surface area contributed by atoms with Crippen molar-refractivity contribution < 1.29 is 21.6 Å². The molecule has 1 saturated carbocycles. The van der Waals surface area contributed by atoms with Crippen LogP contribution in [0.5, 0.6) is 0 Å². The van der Waals surface area contributed by atoms with Gasteiger partial charge < -0.3 is 4.90 Å². The fourth-order valence-corrected chi connectivity index (χ4v) is 12.1. The number of nitrogens with zero attached hydrogens (tertiary/aromatic N) is 5. The molecule has 1 fully saturated rings. The molecule has 3 aromatic carbocycles. The first-order valence-corrected chi connectivity index (χ1v) is 26.9. The number of pyridine rings is 1. The standard InChI is InChI=1S/C61H64F3N5O2S/c1-10-15-47-54(40-19-25-44(62)26-20-40)50-36-60(7,32-14-18-53-55(41-21-27-45(63)28-22-41)51-17-12-13-33-61(51,8)69(53)39(5)6)34-31-52(50)65-58(47)49-35-43(49)37-68(72(9,70)71)59-66-56(38(3)4)48(16-11-2)57(67-59)42-23-29-46(64)30-24-42/h10-31,33-34,38-39,43,49,51H,32,35-37H2,1-9H3/b15-10+,16-11+,18-14+. The Morgan fingerprint density at radius 3 is 1.99 bits per heavy atom. The van der Waals surface area contributed by atoms with Crippen LogP contribution in [-0.2, 0) is 16.4 Å². The van der Waals surface area contributed by atoms with Gasteiger partial charge in [-0.1, -0.05) is 106 Å². The lowest BCUT2D eigenvalue weighted by Gasteiger charge is -2.43. The smallest absolute Gasteiger partial charge is 0.240 e. The lowest BCUT2D eigenvalue weighted by molar-refractivity contribution is 0.161. The monoisotopic (exact) mass is 987 g/mol. The molecule has 11 heteroatoms. The van der Waals surface area contributed by atoms with Gasteiger partial charge in [-0.05, 0) is 160 Å². The molecule has 1 aliphatic heterocycles. The first kappa shape index (κ1) is 50.4. The molecule has 72 heavy (non-hydrogen) atoms. The van der Waals surface area contributed by atoms with Crippen molar-refractivity contribution in [2.75, 3.05) is 17.1 Å². The molecule has 372 valence electrons. The fourth-order valence-electron chi connectivity index (χ4n) is 11.3. The normalized spacial score (nSPS) is 22.6. The van der Waals surface area contributed by atoms with Crippen LogP contribution in [0.1, 0.15) is 119 Å². The first-order valence-electron chi connectivity index (χ1n) is 25.1. The second-order valence-electron chi connectivity index (χ2n) is 20.9. The highest BCUT2D eigenvalue weighted by molar-refractivity contribution is 7.92. The van der Waals surface area contributed by atoms with Crippen molar-refractivity contribution in [1.29, 1.82) is 0 Å². The van der Waals surface area contributed by atoms with Crippen LogP contribution in [0.25, 0.3) is 46.2 Å². The SMILES string of the molecule is C/C=C/c1c(-c2ccc(F)cc2)nc(N(CC2CC2c2nc3c(c(-c4ccc(F)cc4)c2/C=C/C)CC(C)(C/C=C/C2=C(c4ccc(F)cc4)C4C=CC=CC4(C)N2C(C)C)C=C3)S(C)(=O)=O)nc1C(C)C. The van der Waals surface area contributed by atoms with Crippen LogP contribution >= 0.6 is 0 Å². The Bertz CT molecular complexity index is 3220. The molecule has 0 spiro atoms. The van der Waals surface area contributed by atoms with Gasteiger partial charge in [0.2, 0.25) is 16.0 Å². The molecule has 5 aromatic rings. The fraction of sp³-hybridized carbons (Fsp3) is 0.328. The minimum atomic E-state index is -3.88. The third kappa shape index (κ3) is 9.72. The topological polar surface area (TPSA) is 79.3 Å². The summed E-state index contributed by atoms with van der Waals surface area (Å²) in [6.45, 7) is 17.0. The minimum Gasteiger partial charge on any atom is -0.359 e. The maximum Gasteiger partial charge on any atom is 0.240 e. The maximum absolute atomic E-state index is 14.7. The summed E-state index contributed by atoms with van der Waals surface area (Å²) >= 11 is 0. The molecule has 4 aliphatic rings. The van der Waals surface area contributed by atoms with E-state index in [2.05, 4.69) is 87.3 Å². The number of fused-ring (bicyclic) bond motifs is 2. The van der Waals surface area contributed by atoms with E-state index in [9.17, 15) is 21.6 Å². The average Bonchev–Trinajstić information content (AvgIpc) is 4.05. The van der Waals surface area contributed by atoms with Crippen LogP contribution in [0.4, 0.5) is 19.1 Å². The summed E-state index contributed by atoms with van der Waals surface area (Å²) in [6, 6.07) is 19.7. The molecule has 2 aromatic heterocycles. The summed E-state index contributed by atoms with van der Waals surface area (Å²) in [7, 11) is -3.88. The van der Waals surface area contributed by atoms with Crippen LogP contribution in [0.15, 0.2) is 133 Å². The van der Waals surface area contributed by atoms with E-state index in [4.69, 9.17) is 15.0 Å². The Labute approximate surface area is 424 Å². The summed E-state index contributed by atoms with van der Waals surface area (Å²) in [5.41, 5.74) is 10.9. The van der Waals surface area contributed by atoms with Gasteiger partial charge in [-0.3, -0.25) is 4.98 Å². The minimum absolute atomic E-state index is 0.0730. The number of rotatable bonds is 15. The molecular weight excluding hydrogens is 924 g/mol. The summed E-state index contributed by atoms with van der Waals surface area (Å²) in [6.07, 6.45) is 28.8. The predicted octanol–water partition coefficient (Wildman–Crippen LogP) is 14.5. The van der Waals surface area contributed by atoms with E-state index in [-0.39, 0.29) is 70.6 Å². The zero-order chi connectivity index (χ0) is 51.3. The summed E-state index contributed by atoms with van der Waals surface area (Å²) in [5.74, 6) is -1.09. The average molecular weight is 988 g/mol. The van der Waals surface area contributed by atoms with Gasteiger partial charge in [-0.2, -0.15) is 0 Å². The molecule has 3 heterocycles. The first-order chi connectivity index (χ1) is 34.3. The molecule has 5 unspecified atom stereocenters. The number of aromatic nitrogens is 3. The molecule has 0 amide bonds. The molecule has 7 nitrogen and oxygen atoms in total. The Balaban J connectivity index is 1.08. The highest BCUT2D eigenvalue weighted by atomic mass is 32.2. The quantitative estimate of drug-likeness (QED) is 0.104. The second kappa shape index (κ2) is 19.8. The van der Waals surface area contributed by atoms with Crippen LogP contribution < -0.4 is 4.31 Å². The predicted molar refractivity (Wildman–Crippen MR) is 289 cm³/mol. The van der Waals surface area contributed by atoms with E-state index in [0.29, 0.717) is 29.8 Å². The summed E-state index contributed by atoms with van der Waals surface area (Å²) in [5, 5.41) is 0. The van der Waals surface area contributed by atoms with E-state index in [1.807, 2.05) is 70.2 Å². The van der Waals surface area contributed by atoms with Gasteiger partial charge in [0.15, 0.2) is 0 Å². The van der Waals surface area contributed by atoms with E-state index in [1.165, 1.54) is 52.5 Å². The van der Waals surface area contributed by atoms with Crippen molar-refractivity contribution in [1.82, 2.24) is 19.9 Å². The van der Waals surface area contributed by atoms with Crippen molar-refractivity contribution in [3.63, 3.8) is 0 Å².